The van der Waals surface area contributed by atoms with Gasteiger partial charge in [-0.05, 0) is 12.1 Å². The van der Waals surface area contributed by atoms with Crippen molar-refractivity contribution in [2.75, 3.05) is 32.8 Å². The molecule has 0 bridgehead atoms. The minimum Gasteiger partial charge on any atom is -0.478 e. The van der Waals surface area contributed by atoms with Gasteiger partial charge in [-0.2, -0.15) is 0 Å². The number of carboxylic acid groups (broad SMARTS) is 2. The molecule has 0 radical (unpaired) electrons. The zero-order valence-electron chi connectivity index (χ0n) is 12.2. The quantitative estimate of drug-likeness (QED) is 0.517. The second-order valence-corrected chi connectivity index (χ2v) is 4.19. The molecule has 1 aromatic rings. The van der Waals surface area contributed by atoms with Gasteiger partial charge in [0.1, 0.15) is 0 Å². The Balaban J connectivity index is 0.000000409. The Bertz CT molecular complexity index is 450. The number of aliphatic hydroxyl groups excluding tert-OH is 2. The third-order valence-electron chi connectivity index (χ3n) is 2.61. The Kier molecular flexibility index (Phi) is 10.3. The summed E-state index contributed by atoms with van der Waals surface area (Å²) < 4.78 is 0. The van der Waals surface area contributed by atoms with Gasteiger partial charge in [0.15, 0.2) is 0 Å². The Morgan fingerprint density at radius 2 is 1.41 bits per heavy atom. The van der Waals surface area contributed by atoms with E-state index in [1.165, 1.54) is 24.3 Å². The average Bonchev–Trinajstić information content (AvgIpc) is 2.48. The van der Waals surface area contributed by atoms with Crippen molar-refractivity contribution in [1.82, 2.24) is 4.90 Å². The lowest BCUT2D eigenvalue weighted by molar-refractivity contribution is 0.0651. The van der Waals surface area contributed by atoms with Crippen molar-refractivity contribution >= 4 is 11.9 Å². The van der Waals surface area contributed by atoms with Gasteiger partial charge in [0, 0.05) is 19.6 Å². The highest BCUT2D eigenvalue weighted by molar-refractivity contribution is 6.01. The van der Waals surface area contributed by atoms with Crippen molar-refractivity contribution in [2.45, 2.75) is 0 Å². The molecule has 0 aliphatic heterocycles. The normalized spacial score (nSPS) is 9.77. The number of nitrogens with zero attached hydrogens (tertiary/aromatic N) is 1. The highest BCUT2D eigenvalue weighted by Gasteiger charge is 2.13. The van der Waals surface area contributed by atoms with E-state index in [0.29, 0.717) is 13.1 Å². The zero-order chi connectivity index (χ0) is 17.0. The van der Waals surface area contributed by atoms with E-state index in [1.807, 2.05) is 4.90 Å². The van der Waals surface area contributed by atoms with Crippen LogP contribution in [0.3, 0.4) is 0 Å². The van der Waals surface area contributed by atoms with E-state index in [4.69, 9.17) is 20.4 Å². The molecule has 7 heteroatoms. The second kappa shape index (κ2) is 11.4. The van der Waals surface area contributed by atoms with E-state index in [0.717, 1.165) is 6.54 Å². The smallest absolute Gasteiger partial charge is 0.336 e. The summed E-state index contributed by atoms with van der Waals surface area (Å²) in [6.07, 6.45) is 1.76. The van der Waals surface area contributed by atoms with Crippen molar-refractivity contribution in [3.63, 3.8) is 0 Å². The maximum absolute atomic E-state index is 10.5. The van der Waals surface area contributed by atoms with Crippen molar-refractivity contribution < 1.29 is 30.0 Å². The summed E-state index contributed by atoms with van der Waals surface area (Å²) in [6, 6.07) is 5.48. The van der Waals surface area contributed by atoms with Crippen LogP contribution in [0.5, 0.6) is 0 Å². The maximum atomic E-state index is 10.5. The van der Waals surface area contributed by atoms with Crippen LogP contribution < -0.4 is 0 Å². The zero-order valence-corrected chi connectivity index (χ0v) is 12.2. The van der Waals surface area contributed by atoms with Gasteiger partial charge < -0.3 is 20.4 Å². The van der Waals surface area contributed by atoms with E-state index in [2.05, 4.69) is 6.58 Å². The van der Waals surface area contributed by atoms with E-state index >= 15 is 0 Å². The molecule has 0 fully saturated rings. The first-order valence-electron chi connectivity index (χ1n) is 6.58. The van der Waals surface area contributed by atoms with Gasteiger partial charge in [-0.3, -0.25) is 4.90 Å². The Morgan fingerprint density at radius 1 is 1.00 bits per heavy atom. The van der Waals surface area contributed by atoms with Crippen LogP contribution in [0.1, 0.15) is 20.7 Å². The lowest BCUT2D eigenvalue weighted by Gasteiger charge is -2.17. The SMILES string of the molecule is C=CCN(CCO)CCO.O=C(O)c1ccccc1C(=O)O. The summed E-state index contributed by atoms with van der Waals surface area (Å²) >= 11 is 0. The molecule has 1 aromatic carbocycles. The fraction of sp³-hybridized carbons (Fsp3) is 0.333. The maximum Gasteiger partial charge on any atom is 0.336 e. The van der Waals surface area contributed by atoms with Crippen LogP contribution in [0.4, 0.5) is 0 Å². The fourth-order valence-electron chi connectivity index (χ4n) is 1.62. The molecule has 0 saturated carbocycles. The molecule has 0 saturated heterocycles. The van der Waals surface area contributed by atoms with Crippen molar-refractivity contribution in [1.29, 1.82) is 0 Å². The third-order valence-corrected chi connectivity index (χ3v) is 2.61. The molecule has 0 atom stereocenters. The molecule has 0 aromatic heterocycles. The monoisotopic (exact) mass is 311 g/mol. The minimum atomic E-state index is -1.23. The van der Waals surface area contributed by atoms with Gasteiger partial charge in [-0.1, -0.05) is 18.2 Å². The van der Waals surface area contributed by atoms with Gasteiger partial charge in [0.25, 0.3) is 0 Å². The summed E-state index contributed by atoms with van der Waals surface area (Å²) in [4.78, 5) is 22.8. The molecule has 122 valence electrons. The van der Waals surface area contributed by atoms with E-state index in [-0.39, 0.29) is 24.3 Å². The first kappa shape index (κ1) is 19.8. The number of aliphatic hydroxyl groups is 2. The van der Waals surface area contributed by atoms with Crippen LogP contribution in [0.2, 0.25) is 0 Å². The summed E-state index contributed by atoms with van der Waals surface area (Å²) in [5.74, 6) is -2.46. The number of benzene rings is 1. The van der Waals surface area contributed by atoms with Crippen LogP contribution in [0, 0.1) is 0 Å². The molecule has 0 aliphatic rings. The van der Waals surface area contributed by atoms with Gasteiger partial charge in [-0.15, -0.1) is 6.58 Å². The van der Waals surface area contributed by atoms with Crippen molar-refractivity contribution in [3.05, 3.63) is 48.0 Å². The molecule has 7 nitrogen and oxygen atoms in total. The van der Waals surface area contributed by atoms with Crippen LogP contribution in [-0.4, -0.2) is 70.1 Å². The highest BCUT2D eigenvalue weighted by atomic mass is 16.4. The predicted molar refractivity (Wildman–Crippen MR) is 81.2 cm³/mol. The van der Waals surface area contributed by atoms with E-state index < -0.39 is 11.9 Å². The first-order valence-corrected chi connectivity index (χ1v) is 6.58. The van der Waals surface area contributed by atoms with Gasteiger partial charge in [0.05, 0.1) is 24.3 Å². The number of hydrogen-bond acceptors (Lipinski definition) is 5. The molecule has 0 amide bonds. The Morgan fingerprint density at radius 3 is 1.68 bits per heavy atom. The number of carbonyl (C=O) groups is 2. The molecule has 22 heavy (non-hydrogen) atoms. The average molecular weight is 311 g/mol. The molecular weight excluding hydrogens is 290 g/mol. The summed E-state index contributed by atoms with van der Waals surface area (Å²) in [5.41, 5.74) is -0.380. The van der Waals surface area contributed by atoms with Crippen LogP contribution in [0.15, 0.2) is 36.9 Å². The van der Waals surface area contributed by atoms with E-state index in [9.17, 15) is 9.59 Å². The fourth-order valence-corrected chi connectivity index (χ4v) is 1.62. The van der Waals surface area contributed by atoms with Crippen molar-refractivity contribution in [3.8, 4) is 0 Å². The largest absolute Gasteiger partial charge is 0.478 e. The molecule has 0 aliphatic carbocycles. The van der Waals surface area contributed by atoms with Gasteiger partial charge >= 0.3 is 11.9 Å². The predicted octanol–water partition coefficient (Wildman–Crippen LogP) is 0.542. The molecule has 0 heterocycles. The van der Waals surface area contributed by atoms with Crippen LogP contribution in [0.25, 0.3) is 0 Å². The number of hydrogen-bond donors (Lipinski definition) is 4. The third kappa shape index (κ3) is 7.53. The van der Waals surface area contributed by atoms with Crippen molar-refractivity contribution in [2.24, 2.45) is 0 Å². The van der Waals surface area contributed by atoms with Crippen LogP contribution in [-0.2, 0) is 0 Å². The van der Waals surface area contributed by atoms with E-state index in [1.54, 1.807) is 6.08 Å². The topological polar surface area (TPSA) is 118 Å². The molecule has 4 N–H and O–H groups in total. The van der Waals surface area contributed by atoms with Crippen LogP contribution >= 0.6 is 0 Å². The number of aromatic carboxylic acids is 2. The summed E-state index contributed by atoms with van der Waals surface area (Å²) in [5, 5.41) is 34.2. The first-order chi connectivity index (χ1) is 10.5. The summed E-state index contributed by atoms with van der Waals surface area (Å²) in [7, 11) is 0. The Labute approximate surface area is 128 Å². The van der Waals surface area contributed by atoms with Gasteiger partial charge in [-0.25, -0.2) is 9.59 Å². The highest BCUT2D eigenvalue weighted by Crippen LogP contribution is 2.07. The van der Waals surface area contributed by atoms with Gasteiger partial charge in [0.2, 0.25) is 0 Å². The second-order valence-electron chi connectivity index (χ2n) is 4.19. The number of carboxylic acids is 2. The lowest BCUT2D eigenvalue weighted by atomic mass is 10.1. The summed E-state index contributed by atoms with van der Waals surface area (Å²) in [6.45, 7) is 5.76. The minimum absolute atomic E-state index is 0.133. The standard InChI is InChI=1S/C8H6O4.C7H15NO2/c9-7(10)5-3-1-2-4-6(5)8(11)12;1-2-3-8(4-6-9)5-7-10/h1-4H,(H,9,10)(H,11,12);2,9-10H,1,3-7H2. The molecule has 0 unspecified atom stereocenters. The Hall–Kier alpha value is -2.22. The lowest BCUT2D eigenvalue weighted by Crippen LogP contribution is -2.29. The molecular formula is C15H21NO6. The molecule has 0 spiro atoms. The number of rotatable bonds is 8. The molecule has 1 rings (SSSR count).